The molecule has 0 saturated heterocycles. The summed E-state index contributed by atoms with van der Waals surface area (Å²) >= 11 is 0. The maximum atomic E-state index is 12.0. The van der Waals surface area contributed by atoms with E-state index in [0.29, 0.717) is 12.8 Å². The number of rotatable bonds is 3. The molecule has 1 saturated carbocycles. The number of aliphatic hydroxyl groups is 1. The molecule has 0 bridgehead atoms. The summed E-state index contributed by atoms with van der Waals surface area (Å²) in [7, 11) is 0. The van der Waals surface area contributed by atoms with Crippen LogP contribution < -0.4 is 5.73 Å². The molecule has 2 unspecified atom stereocenters. The molecule has 4 heteroatoms. The molecule has 0 heterocycles. The molecule has 3 atom stereocenters. The summed E-state index contributed by atoms with van der Waals surface area (Å²) < 4.78 is 0. The third kappa shape index (κ3) is 3.50. The van der Waals surface area contributed by atoms with Gasteiger partial charge in [0, 0.05) is 5.92 Å². The van der Waals surface area contributed by atoms with Crippen LogP contribution in [0, 0.1) is 11.3 Å². The lowest BCUT2D eigenvalue weighted by Crippen LogP contribution is -2.41. The standard InChI is InChI=1S/C14H23NO3/c1-8(16)11-7-10(17)5-9(11)6-12(18)13(15)14(2,3)4/h6,10-11,13,17H,5,7,15H2,1-4H3/b9-6-/t10?,11?,13-/m1/s1. The quantitative estimate of drug-likeness (QED) is 0.741. The van der Waals surface area contributed by atoms with Gasteiger partial charge in [-0.1, -0.05) is 26.3 Å². The van der Waals surface area contributed by atoms with E-state index in [-0.39, 0.29) is 22.9 Å². The predicted molar refractivity (Wildman–Crippen MR) is 69.9 cm³/mol. The Hall–Kier alpha value is -1.00. The zero-order valence-electron chi connectivity index (χ0n) is 11.6. The maximum Gasteiger partial charge on any atom is 0.172 e. The van der Waals surface area contributed by atoms with Crippen LogP contribution >= 0.6 is 0 Å². The molecule has 1 aliphatic carbocycles. The highest BCUT2D eigenvalue weighted by Gasteiger charge is 2.33. The molecule has 4 nitrogen and oxygen atoms in total. The average molecular weight is 253 g/mol. The van der Waals surface area contributed by atoms with Crippen molar-refractivity contribution in [3.05, 3.63) is 11.6 Å². The normalized spacial score (nSPS) is 28.4. The zero-order chi connectivity index (χ0) is 14.1. The first-order valence-corrected chi connectivity index (χ1v) is 6.31. The van der Waals surface area contributed by atoms with E-state index in [1.54, 1.807) is 0 Å². The molecular formula is C14H23NO3. The number of carbonyl (C=O) groups is 2. The highest BCUT2D eigenvalue weighted by atomic mass is 16.3. The molecule has 0 radical (unpaired) electrons. The van der Waals surface area contributed by atoms with E-state index in [9.17, 15) is 14.7 Å². The molecule has 0 aromatic rings. The summed E-state index contributed by atoms with van der Waals surface area (Å²) in [5.74, 6) is -0.496. The highest BCUT2D eigenvalue weighted by Crippen LogP contribution is 2.32. The van der Waals surface area contributed by atoms with Crippen LogP contribution in [0.3, 0.4) is 0 Å². The van der Waals surface area contributed by atoms with Gasteiger partial charge in [0.1, 0.15) is 5.78 Å². The van der Waals surface area contributed by atoms with E-state index in [0.717, 1.165) is 5.57 Å². The van der Waals surface area contributed by atoms with Crippen LogP contribution in [0.2, 0.25) is 0 Å². The summed E-state index contributed by atoms with van der Waals surface area (Å²) in [6, 6.07) is -0.588. The number of hydrogen-bond donors (Lipinski definition) is 2. The Balaban J connectivity index is 2.88. The summed E-state index contributed by atoms with van der Waals surface area (Å²) in [6.07, 6.45) is 1.76. The first kappa shape index (κ1) is 15.1. The van der Waals surface area contributed by atoms with Gasteiger partial charge in [-0.15, -0.1) is 0 Å². The molecule has 0 aliphatic heterocycles. The van der Waals surface area contributed by atoms with Gasteiger partial charge in [-0.2, -0.15) is 0 Å². The van der Waals surface area contributed by atoms with E-state index in [4.69, 9.17) is 5.73 Å². The first-order valence-electron chi connectivity index (χ1n) is 6.31. The Labute approximate surface area is 108 Å². The van der Waals surface area contributed by atoms with Crippen molar-refractivity contribution in [2.75, 3.05) is 0 Å². The SMILES string of the molecule is CC(=O)C1CC(O)C/C1=C/C(=O)[C@@H](N)C(C)(C)C. The topological polar surface area (TPSA) is 80.4 Å². The minimum Gasteiger partial charge on any atom is -0.393 e. The number of aliphatic hydroxyl groups excluding tert-OH is 1. The van der Waals surface area contributed by atoms with Crippen molar-refractivity contribution in [2.24, 2.45) is 17.1 Å². The molecule has 3 N–H and O–H groups in total. The summed E-state index contributed by atoms with van der Waals surface area (Å²) in [5, 5.41) is 9.59. The molecule has 102 valence electrons. The van der Waals surface area contributed by atoms with Gasteiger partial charge in [0.25, 0.3) is 0 Å². The third-order valence-corrected chi connectivity index (χ3v) is 3.48. The van der Waals surface area contributed by atoms with Gasteiger partial charge in [-0.05, 0) is 31.3 Å². The fraction of sp³-hybridized carbons (Fsp3) is 0.714. The second-order valence-electron chi connectivity index (χ2n) is 6.22. The first-order chi connectivity index (χ1) is 8.12. The van der Waals surface area contributed by atoms with E-state index in [1.165, 1.54) is 13.0 Å². The van der Waals surface area contributed by atoms with Gasteiger partial charge >= 0.3 is 0 Å². The minimum atomic E-state index is -0.588. The Bertz CT molecular complexity index is 379. The van der Waals surface area contributed by atoms with Crippen molar-refractivity contribution in [3.63, 3.8) is 0 Å². The Morgan fingerprint density at radius 3 is 2.44 bits per heavy atom. The highest BCUT2D eigenvalue weighted by molar-refractivity contribution is 5.96. The Kier molecular flexibility index (Phi) is 4.46. The van der Waals surface area contributed by atoms with Gasteiger partial charge in [0.2, 0.25) is 0 Å². The fourth-order valence-corrected chi connectivity index (χ4v) is 2.21. The van der Waals surface area contributed by atoms with Crippen LogP contribution in [0.4, 0.5) is 0 Å². The zero-order valence-corrected chi connectivity index (χ0v) is 11.6. The molecule has 0 amide bonds. The van der Waals surface area contributed by atoms with Crippen LogP contribution in [-0.4, -0.2) is 28.8 Å². The lowest BCUT2D eigenvalue weighted by molar-refractivity contribution is -0.119. The molecule has 1 fully saturated rings. The number of carbonyl (C=O) groups excluding carboxylic acids is 2. The molecule has 0 spiro atoms. The summed E-state index contributed by atoms with van der Waals surface area (Å²) in [4.78, 5) is 23.5. The molecule has 0 aromatic carbocycles. The molecule has 1 aliphatic rings. The van der Waals surface area contributed by atoms with Gasteiger partial charge in [-0.3, -0.25) is 9.59 Å². The van der Waals surface area contributed by atoms with Crippen LogP contribution in [0.1, 0.15) is 40.5 Å². The van der Waals surface area contributed by atoms with Crippen molar-refractivity contribution >= 4 is 11.6 Å². The third-order valence-electron chi connectivity index (χ3n) is 3.48. The smallest absolute Gasteiger partial charge is 0.172 e. The largest absolute Gasteiger partial charge is 0.393 e. The van der Waals surface area contributed by atoms with Gasteiger partial charge in [0.15, 0.2) is 5.78 Å². The van der Waals surface area contributed by atoms with Crippen molar-refractivity contribution < 1.29 is 14.7 Å². The van der Waals surface area contributed by atoms with Crippen molar-refractivity contribution in [3.8, 4) is 0 Å². The lowest BCUT2D eigenvalue weighted by Gasteiger charge is -2.24. The Morgan fingerprint density at radius 1 is 1.44 bits per heavy atom. The fourth-order valence-electron chi connectivity index (χ4n) is 2.21. The Morgan fingerprint density at radius 2 is 2.00 bits per heavy atom. The summed E-state index contributed by atoms with van der Waals surface area (Å²) in [5.41, 5.74) is 6.30. The van der Waals surface area contributed by atoms with Crippen molar-refractivity contribution in [1.29, 1.82) is 0 Å². The number of Topliss-reactive ketones (excluding diaryl/α,β-unsaturated/α-hetero) is 1. The van der Waals surface area contributed by atoms with Crippen LogP contribution in [0.25, 0.3) is 0 Å². The number of ketones is 2. The van der Waals surface area contributed by atoms with Gasteiger partial charge < -0.3 is 10.8 Å². The van der Waals surface area contributed by atoms with Crippen LogP contribution in [-0.2, 0) is 9.59 Å². The molecule has 1 rings (SSSR count). The lowest BCUT2D eigenvalue weighted by atomic mass is 9.84. The maximum absolute atomic E-state index is 12.0. The second kappa shape index (κ2) is 5.33. The number of hydrogen-bond acceptors (Lipinski definition) is 4. The number of nitrogens with two attached hydrogens (primary N) is 1. The monoisotopic (exact) mass is 253 g/mol. The minimum absolute atomic E-state index is 0.00469. The molecule has 0 aromatic heterocycles. The van der Waals surface area contributed by atoms with Crippen molar-refractivity contribution in [1.82, 2.24) is 0 Å². The van der Waals surface area contributed by atoms with E-state index < -0.39 is 12.1 Å². The second-order valence-corrected chi connectivity index (χ2v) is 6.22. The average Bonchev–Trinajstić information content (AvgIpc) is 2.57. The molecular weight excluding hydrogens is 230 g/mol. The predicted octanol–water partition coefficient (Wildman–Crippen LogP) is 1.22. The van der Waals surface area contributed by atoms with Crippen LogP contribution in [0.15, 0.2) is 11.6 Å². The molecule has 18 heavy (non-hydrogen) atoms. The van der Waals surface area contributed by atoms with E-state index in [1.807, 2.05) is 20.8 Å². The van der Waals surface area contributed by atoms with E-state index in [2.05, 4.69) is 0 Å². The van der Waals surface area contributed by atoms with Gasteiger partial charge in [-0.25, -0.2) is 0 Å². The van der Waals surface area contributed by atoms with Gasteiger partial charge in [0.05, 0.1) is 12.1 Å². The summed E-state index contributed by atoms with van der Waals surface area (Å²) in [6.45, 7) is 7.20. The van der Waals surface area contributed by atoms with E-state index >= 15 is 0 Å². The van der Waals surface area contributed by atoms with Crippen LogP contribution in [0.5, 0.6) is 0 Å². The van der Waals surface area contributed by atoms with Crippen molar-refractivity contribution in [2.45, 2.75) is 52.7 Å².